The SMILES string of the molecule is CCCNC(c1cncc(OC)c1)c1snnc1C(C)C. The molecule has 6 heteroatoms. The Morgan fingerprint density at radius 3 is 2.81 bits per heavy atom. The molecule has 0 aromatic carbocycles. The van der Waals surface area contributed by atoms with E-state index in [2.05, 4.69) is 40.7 Å². The summed E-state index contributed by atoms with van der Waals surface area (Å²) in [5.74, 6) is 1.11. The van der Waals surface area contributed by atoms with Crippen LogP contribution in [-0.2, 0) is 0 Å². The van der Waals surface area contributed by atoms with Gasteiger partial charge in [0.25, 0.3) is 0 Å². The number of methoxy groups -OCH3 is 1. The highest BCUT2D eigenvalue weighted by molar-refractivity contribution is 7.05. The van der Waals surface area contributed by atoms with Crippen molar-refractivity contribution in [3.8, 4) is 5.75 Å². The van der Waals surface area contributed by atoms with Gasteiger partial charge in [0, 0.05) is 6.20 Å². The average molecular weight is 306 g/mol. The number of rotatable bonds is 7. The van der Waals surface area contributed by atoms with Crippen LogP contribution < -0.4 is 10.1 Å². The van der Waals surface area contributed by atoms with Crippen LogP contribution in [-0.4, -0.2) is 28.2 Å². The van der Waals surface area contributed by atoms with E-state index in [-0.39, 0.29) is 6.04 Å². The van der Waals surface area contributed by atoms with Crippen LogP contribution in [0.5, 0.6) is 5.75 Å². The molecule has 114 valence electrons. The topological polar surface area (TPSA) is 59.9 Å². The van der Waals surface area contributed by atoms with Gasteiger partial charge in [-0.3, -0.25) is 4.98 Å². The first-order chi connectivity index (χ1) is 10.2. The second-order valence-corrected chi connectivity index (χ2v) is 6.01. The molecule has 0 saturated heterocycles. The predicted octanol–water partition coefficient (Wildman–Crippen LogP) is 3.15. The van der Waals surface area contributed by atoms with Crippen molar-refractivity contribution in [1.82, 2.24) is 19.9 Å². The number of nitrogens with zero attached hydrogens (tertiary/aromatic N) is 3. The van der Waals surface area contributed by atoms with E-state index < -0.39 is 0 Å². The van der Waals surface area contributed by atoms with Crippen LogP contribution in [0.4, 0.5) is 0 Å². The summed E-state index contributed by atoms with van der Waals surface area (Å²) in [7, 11) is 1.66. The van der Waals surface area contributed by atoms with Gasteiger partial charge in [0.1, 0.15) is 5.75 Å². The first-order valence-electron chi connectivity index (χ1n) is 7.21. The standard InChI is InChI=1S/C15H22N4OS/c1-5-6-17-14(11-7-12(20-4)9-16-8-11)15-13(10(2)3)18-19-21-15/h7-10,14,17H,5-6H2,1-4H3. The molecule has 0 spiro atoms. The molecule has 2 aromatic rings. The van der Waals surface area contributed by atoms with Crippen molar-refractivity contribution >= 4 is 11.5 Å². The maximum absolute atomic E-state index is 5.29. The Bertz CT molecular complexity index is 570. The Balaban J connectivity index is 2.39. The zero-order chi connectivity index (χ0) is 15.2. The third kappa shape index (κ3) is 3.77. The van der Waals surface area contributed by atoms with Crippen molar-refractivity contribution < 1.29 is 4.74 Å². The van der Waals surface area contributed by atoms with Crippen LogP contribution in [0.2, 0.25) is 0 Å². The molecule has 2 heterocycles. The van der Waals surface area contributed by atoms with Crippen molar-refractivity contribution in [3.05, 3.63) is 34.6 Å². The van der Waals surface area contributed by atoms with Gasteiger partial charge in [-0.15, -0.1) is 5.10 Å². The molecule has 1 unspecified atom stereocenters. The zero-order valence-electron chi connectivity index (χ0n) is 13.0. The molecule has 0 amide bonds. The molecule has 2 aromatic heterocycles. The number of pyridine rings is 1. The van der Waals surface area contributed by atoms with Gasteiger partial charge < -0.3 is 10.1 Å². The number of hydrogen-bond acceptors (Lipinski definition) is 6. The molecule has 0 aliphatic rings. The molecule has 0 fully saturated rings. The largest absolute Gasteiger partial charge is 0.495 e. The van der Waals surface area contributed by atoms with E-state index >= 15 is 0 Å². The summed E-state index contributed by atoms with van der Waals surface area (Å²) in [6.07, 6.45) is 4.66. The summed E-state index contributed by atoms with van der Waals surface area (Å²) in [6, 6.07) is 2.08. The average Bonchev–Trinajstić information content (AvgIpc) is 2.97. The van der Waals surface area contributed by atoms with Crippen LogP contribution in [0, 0.1) is 0 Å². The van der Waals surface area contributed by atoms with E-state index in [1.807, 2.05) is 12.3 Å². The Morgan fingerprint density at radius 2 is 2.14 bits per heavy atom. The highest BCUT2D eigenvalue weighted by Gasteiger charge is 2.23. The number of ether oxygens (including phenoxy) is 1. The summed E-state index contributed by atoms with van der Waals surface area (Å²) < 4.78 is 9.43. The van der Waals surface area contributed by atoms with E-state index in [9.17, 15) is 0 Å². The lowest BCUT2D eigenvalue weighted by atomic mass is 10.0. The highest BCUT2D eigenvalue weighted by atomic mass is 32.1. The first-order valence-corrected chi connectivity index (χ1v) is 7.99. The van der Waals surface area contributed by atoms with Crippen molar-refractivity contribution in [3.63, 3.8) is 0 Å². The van der Waals surface area contributed by atoms with Gasteiger partial charge in [-0.05, 0) is 42.0 Å². The van der Waals surface area contributed by atoms with Gasteiger partial charge in [-0.2, -0.15) is 0 Å². The molecule has 1 N–H and O–H groups in total. The summed E-state index contributed by atoms with van der Waals surface area (Å²) in [6.45, 7) is 7.36. The molecule has 0 radical (unpaired) electrons. The minimum Gasteiger partial charge on any atom is -0.495 e. The lowest BCUT2D eigenvalue weighted by Gasteiger charge is -2.19. The Labute approximate surface area is 129 Å². The van der Waals surface area contributed by atoms with Crippen molar-refractivity contribution in [2.75, 3.05) is 13.7 Å². The molecule has 21 heavy (non-hydrogen) atoms. The van der Waals surface area contributed by atoms with Crippen molar-refractivity contribution in [1.29, 1.82) is 0 Å². The summed E-state index contributed by atoms with van der Waals surface area (Å²) in [4.78, 5) is 5.43. The summed E-state index contributed by atoms with van der Waals surface area (Å²) in [5.41, 5.74) is 2.13. The Morgan fingerprint density at radius 1 is 1.33 bits per heavy atom. The van der Waals surface area contributed by atoms with Gasteiger partial charge in [-0.25, -0.2) is 0 Å². The third-order valence-electron chi connectivity index (χ3n) is 3.25. The molecule has 0 saturated carbocycles. The maximum atomic E-state index is 5.29. The Hall–Kier alpha value is -1.53. The fourth-order valence-electron chi connectivity index (χ4n) is 2.16. The zero-order valence-corrected chi connectivity index (χ0v) is 13.8. The second kappa shape index (κ2) is 7.47. The van der Waals surface area contributed by atoms with Gasteiger partial charge in [0.05, 0.1) is 29.9 Å². The number of aromatic nitrogens is 3. The monoisotopic (exact) mass is 306 g/mol. The van der Waals surface area contributed by atoms with Crippen LogP contribution in [0.25, 0.3) is 0 Å². The molecular weight excluding hydrogens is 284 g/mol. The van der Waals surface area contributed by atoms with Crippen LogP contribution >= 0.6 is 11.5 Å². The minimum atomic E-state index is 0.0601. The number of hydrogen-bond donors (Lipinski definition) is 1. The van der Waals surface area contributed by atoms with Gasteiger partial charge in [0.15, 0.2) is 0 Å². The molecule has 0 bridgehead atoms. The maximum Gasteiger partial charge on any atom is 0.137 e. The first kappa shape index (κ1) is 15.9. The lowest BCUT2D eigenvalue weighted by molar-refractivity contribution is 0.411. The molecule has 0 aliphatic carbocycles. The van der Waals surface area contributed by atoms with Gasteiger partial charge in [-0.1, -0.05) is 25.3 Å². The molecule has 0 aliphatic heterocycles. The van der Waals surface area contributed by atoms with Crippen LogP contribution in [0.1, 0.15) is 55.3 Å². The van der Waals surface area contributed by atoms with E-state index in [0.717, 1.165) is 34.8 Å². The summed E-state index contributed by atoms with van der Waals surface area (Å²) in [5, 5.41) is 7.86. The predicted molar refractivity (Wildman–Crippen MR) is 84.9 cm³/mol. The highest BCUT2D eigenvalue weighted by Crippen LogP contribution is 2.31. The van der Waals surface area contributed by atoms with Crippen LogP contribution in [0.15, 0.2) is 18.5 Å². The van der Waals surface area contributed by atoms with E-state index in [1.165, 1.54) is 11.5 Å². The normalized spacial score (nSPS) is 12.6. The van der Waals surface area contributed by atoms with Crippen LogP contribution in [0.3, 0.4) is 0 Å². The number of nitrogens with one attached hydrogen (secondary N) is 1. The minimum absolute atomic E-state index is 0.0601. The third-order valence-corrected chi connectivity index (χ3v) is 4.06. The quantitative estimate of drug-likeness (QED) is 0.851. The van der Waals surface area contributed by atoms with Crippen molar-refractivity contribution in [2.45, 2.75) is 39.2 Å². The van der Waals surface area contributed by atoms with E-state index in [0.29, 0.717) is 5.92 Å². The van der Waals surface area contributed by atoms with E-state index in [1.54, 1.807) is 13.3 Å². The Kier molecular flexibility index (Phi) is 5.64. The fourth-order valence-corrected chi connectivity index (χ4v) is 3.07. The van der Waals surface area contributed by atoms with Gasteiger partial charge in [0.2, 0.25) is 0 Å². The van der Waals surface area contributed by atoms with E-state index in [4.69, 9.17) is 4.74 Å². The molecule has 1 atom stereocenters. The fraction of sp³-hybridized carbons (Fsp3) is 0.533. The summed E-state index contributed by atoms with van der Waals surface area (Å²) >= 11 is 1.45. The van der Waals surface area contributed by atoms with Gasteiger partial charge >= 0.3 is 0 Å². The molecule has 2 rings (SSSR count). The van der Waals surface area contributed by atoms with Crippen molar-refractivity contribution in [2.24, 2.45) is 0 Å². The lowest BCUT2D eigenvalue weighted by Crippen LogP contribution is -2.23. The molecular formula is C15H22N4OS. The molecule has 5 nitrogen and oxygen atoms in total. The smallest absolute Gasteiger partial charge is 0.137 e. The second-order valence-electron chi connectivity index (χ2n) is 5.22.